The number of rotatable bonds is 0. The summed E-state index contributed by atoms with van der Waals surface area (Å²) in [5, 5.41) is 9.92. The van der Waals surface area contributed by atoms with Crippen LogP contribution in [0.3, 0.4) is 0 Å². The van der Waals surface area contributed by atoms with E-state index < -0.39 is 18.3 Å². The van der Waals surface area contributed by atoms with Crippen LogP contribution in [-0.2, 0) is 5.60 Å². The first kappa shape index (κ1) is 12.3. The van der Waals surface area contributed by atoms with E-state index in [0.717, 1.165) is 6.07 Å². The largest absolute Gasteiger partial charge is 0.423 e. The number of halogens is 5. The molecule has 1 aromatic carbocycles. The smallest absolute Gasteiger partial charge is 0.375 e. The van der Waals surface area contributed by atoms with E-state index in [9.17, 15) is 18.3 Å². The first-order chi connectivity index (χ1) is 7.25. The number of hydrogen-bond acceptors (Lipinski definition) is 2. The fourth-order valence-electron chi connectivity index (χ4n) is 1.66. The topological polar surface area (TPSA) is 23.5 Å². The summed E-state index contributed by atoms with van der Waals surface area (Å²) in [6.45, 7) is -0.521. The highest BCUT2D eigenvalue weighted by molar-refractivity contribution is 14.1. The Labute approximate surface area is 108 Å². The van der Waals surface area contributed by atoms with Gasteiger partial charge >= 0.3 is 6.18 Å². The minimum atomic E-state index is -4.72. The molecule has 1 N–H and O–H groups in total. The number of hydrogen-bond donors (Lipinski definition) is 1. The Morgan fingerprint density at radius 3 is 2.62 bits per heavy atom. The van der Waals surface area contributed by atoms with Crippen molar-refractivity contribution in [1.82, 2.24) is 0 Å². The highest BCUT2D eigenvalue weighted by atomic mass is 127. The fraction of sp³-hybridized carbons (Fsp3) is 0.333. The lowest BCUT2D eigenvalue weighted by atomic mass is 9.95. The van der Waals surface area contributed by atoms with Crippen LogP contribution in [-0.4, -0.2) is 17.8 Å². The monoisotopic (exact) mass is 363 g/mol. The third kappa shape index (κ3) is 1.67. The summed E-state index contributed by atoms with van der Waals surface area (Å²) < 4.78 is 39.7. The normalized spacial score (nSPS) is 24.8. The molecule has 1 aliphatic rings. The zero-order chi connectivity index (χ0) is 12.1. The molecule has 1 atom stereocenters. The summed E-state index contributed by atoms with van der Waals surface area (Å²) in [5.74, 6) is 0. The lowest BCUT2D eigenvalue weighted by molar-refractivity contribution is -0.258. The Morgan fingerprint density at radius 2 is 2.06 bits per heavy atom. The van der Waals surface area contributed by atoms with Gasteiger partial charge in [-0.25, -0.2) is 0 Å². The molecule has 2 rings (SSSR count). The molecule has 1 heterocycles. The van der Waals surface area contributed by atoms with E-state index in [1.807, 2.05) is 0 Å². The van der Waals surface area contributed by atoms with Crippen molar-refractivity contribution < 1.29 is 18.3 Å². The summed E-state index contributed by atoms with van der Waals surface area (Å²) >= 11 is 7.38. The zero-order valence-corrected chi connectivity index (χ0v) is 10.6. The van der Waals surface area contributed by atoms with E-state index in [-0.39, 0.29) is 10.6 Å². The van der Waals surface area contributed by atoms with Crippen LogP contribution in [0.15, 0.2) is 18.2 Å². The van der Waals surface area contributed by atoms with Crippen LogP contribution in [0.1, 0.15) is 5.56 Å². The van der Waals surface area contributed by atoms with Crippen LogP contribution >= 0.6 is 34.5 Å². The molecule has 0 saturated carbocycles. The Kier molecular flexibility index (Phi) is 2.79. The second kappa shape index (κ2) is 3.64. The number of nitrogens with zero attached hydrogens (tertiary/aromatic N) is 1. The van der Waals surface area contributed by atoms with E-state index in [4.69, 9.17) is 11.6 Å². The van der Waals surface area contributed by atoms with Crippen LogP contribution in [0.2, 0.25) is 5.02 Å². The van der Waals surface area contributed by atoms with Crippen LogP contribution in [0.4, 0.5) is 18.9 Å². The molecule has 1 aromatic rings. The number of fused-ring (bicyclic) bond motifs is 1. The Bertz CT molecular complexity index is 439. The molecule has 0 radical (unpaired) electrons. The van der Waals surface area contributed by atoms with Gasteiger partial charge in [0.05, 0.1) is 35.1 Å². The predicted octanol–water partition coefficient (Wildman–Crippen LogP) is 3.26. The lowest BCUT2D eigenvalue weighted by Gasteiger charge is -2.26. The minimum Gasteiger partial charge on any atom is -0.375 e. The molecule has 0 amide bonds. The van der Waals surface area contributed by atoms with Gasteiger partial charge in [0.15, 0.2) is 0 Å². The molecule has 88 valence electrons. The molecular weight excluding hydrogens is 357 g/mol. The number of anilines is 1. The van der Waals surface area contributed by atoms with Crippen molar-refractivity contribution >= 4 is 40.2 Å². The average Bonchev–Trinajstić information content (AvgIpc) is 2.39. The molecule has 0 saturated heterocycles. The van der Waals surface area contributed by atoms with Crippen molar-refractivity contribution in [1.29, 1.82) is 0 Å². The second-order valence-corrected chi connectivity index (χ2v) is 5.14. The maximum absolute atomic E-state index is 12.8. The summed E-state index contributed by atoms with van der Waals surface area (Å²) in [6.07, 6.45) is -4.72. The van der Waals surface area contributed by atoms with E-state index in [0.29, 0.717) is 5.69 Å². The Morgan fingerprint density at radius 1 is 1.44 bits per heavy atom. The van der Waals surface area contributed by atoms with Gasteiger partial charge in [0, 0.05) is 10.6 Å². The summed E-state index contributed by atoms with van der Waals surface area (Å²) in [4.78, 5) is 0. The standard InChI is InChI=1S/C9H6ClF3INO/c10-5-1-2-7-6(3-5)8(16,4-15(7)14)9(11,12)13/h1-3,16H,4H2/t8-/m1/s1. The molecule has 16 heavy (non-hydrogen) atoms. The molecule has 0 aliphatic carbocycles. The molecule has 0 fully saturated rings. The van der Waals surface area contributed by atoms with Crippen molar-refractivity contribution in [2.24, 2.45) is 0 Å². The third-order valence-electron chi connectivity index (χ3n) is 2.50. The van der Waals surface area contributed by atoms with E-state index in [2.05, 4.69) is 0 Å². The van der Waals surface area contributed by atoms with Crippen molar-refractivity contribution in [3.05, 3.63) is 28.8 Å². The van der Waals surface area contributed by atoms with Crippen molar-refractivity contribution in [2.45, 2.75) is 11.8 Å². The zero-order valence-electron chi connectivity index (χ0n) is 7.72. The quantitative estimate of drug-likeness (QED) is 0.565. The molecule has 1 aliphatic heterocycles. The van der Waals surface area contributed by atoms with Crippen LogP contribution in [0, 0.1) is 0 Å². The van der Waals surface area contributed by atoms with Crippen LogP contribution in [0.25, 0.3) is 0 Å². The first-order valence-corrected chi connectivity index (χ1v) is 5.62. The maximum Gasteiger partial charge on any atom is 0.423 e. The Balaban J connectivity index is 2.62. The van der Waals surface area contributed by atoms with Gasteiger partial charge in [-0.2, -0.15) is 13.2 Å². The van der Waals surface area contributed by atoms with Crippen LogP contribution in [0.5, 0.6) is 0 Å². The van der Waals surface area contributed by atoms with Crippen LogP contribution < -0.4 is 3.11 Å². The van der Waals surface area contributed by atoms with Crippen molar-refractivity contribution in [3.8, 4) is 0 Å². The van der Waals surface area contributed by atoms with Gasteiger partial charge in [0.25, 0.3) is 0 Å². The third-order valence-corrected chi connectivity index (χ3v) is 3.60. The highest BCUT2D eigenvalue weighted by Crippen LogP contribution is 2.50. The molecule has 0 bridgehead atoms. The molecule has 0 spiro atoms. The molecule has 2 nitrogen and oxygen atoms in total. The first-order valence-electron chi connectivity index (χ1n) is 4.28. The lowest BCUT2D eigenvalue weighted by Crippen LogP contribution is -2.44. The number of β-amino-alcohol motifs (C(OH)–C–C–N with tert-alkyl or cyclic N) is 1. The number of alkyl halides is 3. The van der Waals surface area contributed by atoms with E-state index in [1.54, 1.807) is 22.9 Å². The van der Waals surface area contributed by atoms with Gasteiger partial charge < -0.3 is 8.22 Å². The van der Waals surface area contributed by atoms with E-state index in [1.165, 1.54) is 15.2 Å². The molecule has 7 heteroatoms. The summed E-state index contributed by atoms with van der Waals surface area (Å²) in [6, 6.07) is 4.12. The average molecular weight is 364 g/mol. The Hall–Kier alpha value is -0.210. The van der Waals surface area contributed by atoms with Gasteiger partial charge in [-0.3, -0.25) is 0 Å². The van der Waals surface area contributed by atoms with Crippen molar-refractivity contribution in [3.63, 3.8) is 0 Å². The fourth-order valence-corrected chi connectivity index (χ4v) is 2.75. The minimum absolute atomic E-state index is 0.174. The highest BCUT2D eigenvalue weighted by Gasteiger charge is 2.60. The number of benzene rings is 1. The van der Waals surface area contributed by atoms with Gasteiger partial charge in [-0.15, -0.1) is 0 Å². The van der Waals surface area contributed by atoms with E-state index >= 15 is 0 Å². The van der Waals surface area contributed by atoms with Gasteiger partial charge in [0.2, 0.25) is 5.60 Å². The predicted molar refractivity (Wildman–Crippen MR) is 62.8 cm³/mol. The van der Waals surface area contributed by atoms with Gasteiger partial charge in [-0.05, 0) is 18.2 Å². The van der Waals surface area contributed by atoms with Crippen molar-refractivity contribution in [2.75, 3.05) is 9.66 Å². The summed E-state index contributed by atoms with van der Waals surface area (Å²) in [7, 11) is 0. The SMILES string of the molecule is O[C@]1(C(F)(F)F)CN(I)c2ccc(Cl)cc21. The summed E-state index contributed by atoms with van der Waals surface area (Å²) in [5.41, 5.74) is -2.69. The van der Waals surface area contributed by atoms with Gasteiger partial charge in [0.1, 0.15) is 0 Å². The maximum atomic E-state index is 12.8. The second-order valence-electron chi connectivity index (χ2n) is 3.54. The molecule has 0 unspecified atom stereocenters. The molecular formula is C9H6ClF3INO. The number of aliphatic hydroxyl groups is 1. The molecule has 0 aromatic heterocycles. The van der Waals surface area contributed by atoms with Gasteiger partial charge in [-0.1, -0.05) is 11.6 Å².